The van der Waals surface area contributed by atoms with Gasteiger partial charge in [0.15, 0.2) is 0 Å². The molecule has 5 N–H and O–H groups in total. The summed E-state index contributed by atoms with van der Waals surface area (Å²) in [6.45, 7) is 0. The molecule has 2 amide bonds. The van der Waals surface area contributed by atoms with E-state index in [-0.39, 0.29) is 12.8 Å². The second kappa shape index (κ2) is 6.50. The molecule has 0 heterocycles. The summed E-state index contributed by atoms with van der Waals surface area (Å²) in [7, 11) is 0. The van der Waals surface area contributed by atoms with Crippen LogP contribution in [0.5, 0.6) is 5.75 Å². The van der Waals surface area contributed by atoms with Crippen LogP contribution in [0.3, 0.4) is 0 Å². The molecule has 1 atom stereocenters. The second-order valence-electron chi connectivity index (χ2n) is 4.03. The summed E-state index contributed by atoms with van der Waals surface area (Å²) >= 11 is 0. The number of nitrogens with one attached hydrogen (secondary N) is 1. The third kappa shape index (κ3) is 4.23. The molecule has 1 rings (SSSR count). The van der Waals surface area contributed by atoms with E-state index in [1.807, 2.05) is 0 Å². The number of hydrogen-bond donors (Lipinski definition) is 4. The third-order valence-corrected chi connectivity index (χ3v) is 2.49. The summed E-state index contributed by atoms with van der Waals surface area (Å²) in [5, 5.41) is 20.4. The number of rotatable bonds is 6. The monoisotopic (exact) mass is 284 g/mol. The molecule has 1 aromatic carbocycles. The van der Waals surface area contributed by atoms with Crippen molar-refractivity contribution in [2.24, 2.45) is 5.73 Å². The average molecular weight is 284 g/mol. The van der Waals surface area contributed by atoms with Crippen LogP contribution in [0.2, 0.25) is 0 Å². The number of carbonyl (C=O) groups is 3. The predicted octanol–water partition coefficient (Wildman–Crippen LogP) is -0.0202. The van der Waals surface area contributed by atoms with Crippen LogP contribution in [0, 0.1) is 5.82 Å². The molecular weight excluding hydrogens is 271 g/mol. The number of carboxylic acid groups (broad SMARTS) is 1. The van der Waals surface area contributed by atoms with E-state index in [9.17, 15) is 23.9 Å². The van der Waals surface area contributed by atoms with E-state index in [4.69, 9.17) is 10.8 Å². The van der Waals surface area contributed by atoms with Gasteiger partial charge in [-0.2, -0.15) is 0 Å². The Balaban J connectivity index is 2.82. The maximum absolute atomic E-state index is 13.0. The van der Waals surface area contributed by atoms with E-state index in [1.165, 1.54) is 0 Å². The van der Waals surface area contributed by atoms with Crippen molar-refractivity contribution in [3.05, 3.63) is 29.6 Å². The third-order valence-electron chi connectivity index (χ3n) is 2.49. The molecule has 1 unspecified atom stereocenters. The first-order valence-corrected chi connectivity index (χ1v) is 5.61. The zero-order valence-corrected chi connectivity index (χ0v) is 10.3. The molecule has 108 valence electrons. The minimum absolute atomic E-state index is 0.202. The number of phenols is 1. The van der Waals surface area contributed by atoms with Crippen molar-refractivity contribution in [3.63, 3.8) is 0 Å². The van der Waals surface area contributed by atoms with E-state index in [1.54, 1.807) is 0 Å². The Kier molecular flexibility index (Phi) is 5.01. The molecule has 0 aliphatic carbocycles. The molecular formula is C12H13FN2O5. The van der Waals surface area contributed by atoms with Crippen LogP contribution in [0.15, 0.2) is 18.2 Å². The van der Waals surface area contributed by atoms with E-state index >= 15 is 0 Å². The number of nitrogens with two attached hydrogens (primary N) is 1. The van der Waals surface area contributed by atoms with Crippen LogP contribution < -0.4 is 11.1 Å². The SMILES string of the molecule is NC(=O)CCC(NC(=O)c1cc(F)ccc1O)C(=O)O. The lowest BCUT2D eigenvalue weighted by molar-refractivity contribution is -0.139. The summed E-state index contributed by atoms with van der Waals surface area (Å²) in [5.74, 6) is -4.27. The topological polar surface area (TPSA) is 130 Å². The Labute approximate surface area is 113 Å². The number of carbonyl (C=O) groups excluding carboxylic acids is 2. The highest BCUT2D eigenvalue weighted by molar-refractivity contribution is 5.98. The fourth-order valence-electron chi connectivity index (χ4n) is 1.47. The zero-order valence-electron chi connectivity index (χ0n) is 10.3. The highest BCUT2D eigenvalue weighted by Crippen LogP contribution is 2.18. The van der Waals surface area contributed by atoms with Crippen LogP contribution in [0.1, 0.15) is 23.2 Å². The van der Waals surface area contributed by atoms with Crippen LogP contribution in [-0.4, -0.2) is 34.0 Å². The predicted molar refractivity (Wildman–Crippen MR) is 65.4 cm³/mol. The Morgan fingerprint density at radius 1 is 1.35 bits per heavy atom. The van der Waals surface area contributed by atoms with Crippen LogP contribution >= 0.6 is 0 Å². The first-order valence-electron chi connectivity index (χ1n) is 5.61. The van der Waals surface area contributed by atoms with Gasteiger partial charge >= 0.3 is 5.97 Å². The van der Waals surface area contributed by atoms with Crippen LogP contribution in [0.25, 0.3) is 0 Å². The van der Waals surface area contributed by atoms with Gasteiger partial charge in [-0.25, -0.2) is 9.18 Å². The van der Waals surface area contributed by atoms with Gasteiger partial charge in [-0.05, 0) is 24.6 Å². The molecule has 8 heteroatoms. The van der Waals surface area contributed by atoms with Gasteiger partial charge in [0.25, 0.3) is 5.91 Å². The highest BCUT2D eigenvalue weighted by atomic mass is 19.1. The normalized spacial score (nSPS) is 11.7. The standard InChI is InChI=1S/C12H13FN2O5/c13-6-1-3-9(16)7(5-6)11(18)15-8(12(19)20)2-4-10(14)17/h1,3,5,8,16H,2,4H2,(H2,14,17)(H,15,18)(H,19,20). The molecule has 20 heavy (non-hydrogen) atoms. The maximum Gasteiger partial charge on any atom is 0.326 e. The highest BCUT2D eigenvalue weighted by Gasteiger charge is 2.22. The number of amides is 2. The van der Waals surface area contributed by atoms with E-state index in [0.717, 1.165) is 18.2 Å². The fraction of sp³-hybridized carbons (Fsp3) is 0.250. The molecule has 0 aliphatic heterocycles. The number of phenolic OH excluding ortho intramolecular Hbond substituents is 1. The number of aromatic hydroxyl groups is 1. The second-order valence-corrected chi connectivity index (χ2v) is 4.03. The summed E-state index contributed by atoms with van der Waals surface area (Å²) in [6, 6.07) is 1.34. The van der Waals surface area contributed by atoms with E-state index < -0.39 is 41.0 Å². The largest absolute Gasteiger partial charge is 0.507 e. The number of hydrogen-bond acceptors (Lipinski definition) is 4. The summed E-state index contributed by atoms with van der Waals surface area (Å²) < 4.78 is 13.0. The molecule has 7 nitrogen and oxygen atoms in total. The number of aliphatic carboxylic acids is 1. The first-order chi connectivity index (χ1) is 9.31. The quantitative estimate of drug-likeness (QED) is 0.583. The van der Waals surface area contributed by atoms with Crippen molar-refractivity contribution in [3.8, 4) is 5.75 Å². The van der Waals surface area contributed by atoms with Gasteiger partial charge in [0.2, 0.25) is 5.91 Å². The smallest absolute Gasteiger partial charge is 0.326 e. The Morgan fingerprint density at radius 2 is 2.00 bits per heavy atom. The average Bonchev–Trinajstić information content (AvgIpc) is 2.36. The summed E-state index contributed by atoms with van der Waals surface area (Å²) in [4.78, 5) is 33.3. The van der Waals surface area contributed by atoms with Crippen LogP contribution in [-0.2, 0) is 9.59 Å². The Bertz CT molecular complexity index is 547. The molecule has 0 saturated carbocycles. The number of halogens is 1. The minimum atomic E-state index is -1.37. The maximum atomic E-state index is 13.0. The van der Waals surface area contributed by atoms with Crippen molar-refractivity contribution in [2.45, 2.75) is 18.9 Å². The molecule has 1 aromatic rings. The molecule has 0 radical (unpaired) electrons. The minimum Gasteiger partial charge on any atom is -0.507 e. The molecule has 0 bridgehead atoms. The number of carboxylic acids is 1. The lowest BCUT2D eigenvalue weighted by Gasteiger charge is -2.14. The van der Waals surface area contributed by atoms with Gasteiger partial charge in [0.05, 0.1) is 5.56 Å². The first kappa shape index (κ1) is 15.4. The van der Waals surface area contributed by atoms with Crippen molar-refractivity contribution < 1.29 is 29.0 Å². The van der Waals surface area contributed by atoms with Gasteiger partial charge in [-0.3, -0.25) is 9.59 Å². The van der Waals surface area contributed by atoms with Gasteiger partial charge in [0.1, 0.15) is 17.6 Å². The van der Waals surface area contributed by atoms with Crippen molar-refractivity contribution >= 4 is 17.8 Å². The molecule has 0 aliphatic rings. The van der Waals surface area contributed by atoms with Crippen molar-refractivity contribution in [2.75, 3.05) is 0 Å². The number of primary amides is 1. The molecule has 0 fully saturated rings. The van der Waals surface area contributed by atoms with E-state index in [0.29, 0.717) is 0 Å². The van der Waals surface area contributed by atoms with Gasteiger partial charge in [-0.1, -0.05) is 0 Å². The van der Waals surface area contributed by atoms with Crippen molar-refractivity contribution in [1.29, 1.82) is 0 Å². The lowest BCUT2D eigenvalue weighted by atomic mass is 10.1. The van der Waals surface area contributed by atoms with Gasteiger partial charge < -0.3 is 21.3 Å². The zero-order chi connectivity index (χ0) is 15.3. The lowest BCUT2D eigenvalue weighted by Crippen LogP contribution is -2.41. The number of benzene rings is 1. The van der Waals surface area contributed by atoms with Crippen molar-refractivity contribution in [1.82, 2.24) is 5.32 Å². The van der Waals surface area contributed by atoms with E-state index in [2.05, 4.69) is 5.32 Å². The molecule has 0 aromatic heterocycles. The van der Waals surface area contributed by atoms with Gasteiger partial charge in [0, 0.05) is 6.42 Å². The molecule has 0 spiro atoms. The fourth-order valence-corrected chi connectivity index (χ4v) is 1.47. The van der Waals surface area contributed by atoms with Crippen LogP contribution in [0.4, 0.5) is 4.39 Å². The Morgan fingerprint density at radius 3 is 2.55 bits per heavy atom. The summed E-state index contributed by atoms with van der Waals surface area (Å²) in [5.41, 5.74) is 4.50. The van der Waals surface area contributed by atoms with Gasteiger partial charge in [-0.15, -0.1) is 0 Å². The molecule has 0 saturated heterocycles. The Hall–Kier alpha value is -2.64. The summed E-state index contributed by atoms with van der Waals surface area (Å²) in [6.07, 6.45) is -0.432.